The fourth-order valence-corrected chi connectivity index (χ4v) is 4.04. The summed E-state index contributed by atoms with van der Waals surface area (Å²) in [5, 5.41) is 3.21. The molecule has 0 radical (unpaired) electrons. The molecule has 0 aliphatic carbocycles. The molecule has 5 heteroatoms. The molecule has 1 aromatic carbocycles. The molecule has 4 nitrogen and oxygen atoms in total. The van der Waals surface area contributed by atoms with E-state index >= 15 is 0 Å². The lowest BCUT2D eigenvalue weighted by Gasteiger charge is -2.15. The number of benzene rings is 1. The molecular formula is C18H25N3OS. The van der Waals surface area contributed by atoms with Gasteiger partial charge in [0.25, 0.3) is 0 Å². The maximum absolute atomic E-state index is 6.37. The van der Waals surface area contributed by atoms with Gasteiger partial charge in [-0.25, -0.2) is 4.98 Å². The van der Waals surface area contributed by atoms with Gasteiger partial charge in [0.05, 0.1) is 5.69 Å². The van der Waals surface area contributed by atoms with Crippen LogP contribution in [0.4, 0.5) is 0 Å². The van der Waals surface area contributed by atoms with Gasteiger partial charge in [0.2, 0.25) is 0 Å². The highest BCUT2D eigenvalue weighted by atomic mass is 32.1. The Morgan fingerprint density at radius 2 is 2.13 bits per heavy atom. The zero-order chi connectivity index (χ0) is 16.2. The lowest BCUT2D eigenvalue weighted by atomic mass is 9.95. The molecule has 1 unspecified atom stereocenters. The third-order valence-corrected chi connectivity index (χ3v) is 5.44. The molecule has 0 bridgehead atoms. The average molecular weight is 331 g/mol. The Balaban J connectivity index is 1.61. The molecule has 23 heavy (non-hydrogen) atoms. The van der Waals surface area contributed by atoms with E-state index in [1.54, 1.807) is 11.3 Å². The molecule has 1 aromatic heterocycles. The molecule has 2 N–H and O–H groups in total. The minimum atomic E-state index is 0.0802. The van der Waals surface area contributed by atoms with E-state index in [2.05, 4.69) is 47.5 Å². The molecule has 1 aliphatic heterocycles. The second-order valence-electron chi connectivity index (χ2n) is 6.15. The van der Waals surface area contributed by atoms with Gasteiger partial charge in [-0.3, -0.25) is 4.90 Å². The summed E-state index contributed by atoms with van der Waals surface area (Å²) in [6.45, 7) is 7.58. The van der Waals surface area contributed by atoms with Crippen molar-refractivity contribution in [2.75, 3.05) is 19.7 Å². The fourth-order valence-electron chi connectivity index (χ4n) is 3.23. The SMILES string of the molecule is CCOC(C)c1nc(CN2C[C@@H](N)[C@H](c3ccccc3)C2)cs1. The maximum Gasteiger partial charge on any atom is 0.122 e. The molecule has 2 heterocycles. The van der Waals surface area contributed by atoms with Crippen molar-refractivity contribution < 1.29 is 4.74 Å². The molecule has 3 rings (SSSR count). The average Bonchev–Trinajstić information content (AvgIpc) is 3.16. The largest absolute Gasteiger partial charge is 0.372 e. The van der Waals surface area contributed by atoms with Crippen molar-refractivity contribution in [1.29, 1.82) is 0 Å². The Morgan fingerprint density at radius 1 is 1.35 bits per heavy atom. The zero-order valence-electron chi connectivity index (χ0n) is 13.8. The van der Waals surface area contributed by atoms with Crippen molar-refractivity contribution >= 4 is 11.3 Å². The summed E-state index contributed by atoms with van der Waals surface area (Å²) in [6.07, 6.45) is 0.0802. The van der Waals surface area contributed by atoms with Crippen LogP contribution in [0.15, 0.2) is 35.7 Å². The minimum absolute atomic E-state index is 0.0802. The third kappa shape index (κ3) is 3.98. The van der Waals surface area contributed by atoms with E-state index < -0.39 is 0 Å². The van der Waals surface area contributed by atoms with Crippen LogP contribution in [0.2, 0.25) is 0 Å². The van der Waals surface area contributed by atoms with Crippen molar-refractivity contribution in [3.8, 4) is 0 Å². The lowest BCUT2D eigenvalue weighted by molar-refractivity contribution is 0.0760. The van der Waals surface area contributed by atoms with Crippen LogP contribution in [0.3, 0.4) is 0 Å². The molecule has 3 atom stereocenters. The number of nitrogens with two attached hydrogens (primary N) is 1. The van der Waals surface area contributed by atoms with Crippen LogP contribution < -0.4 is 5.73 Å². The van der Waals surface area contributed by atoms with Crippen LogP contribution in [0, 0.1) is 0 Å². The topological polar surface area (TPSA) is 51.4 Å². The first-order valence-electron chi connectivity index (χ1n) is 8.26. The summed E-state index contributed by atoms with van der Waals surface area (Å²) >= 11 is 1.68. The monoisotopic (exact) mass is 331 g/mol. The van der Waals surface area contributed by atoms with Gasteiger partial charge >= 0.3 is 0 Å². The third-order valence-electron chi connectivity index (χ3n) is 4.39. The predicted octanol–water partition coefficient (Wildman–Crippen LogP) is 3.17. The molecule has 0 spiro atoms. The highest BCUT2D eigenvalue weighted by molar-refractivity contribution is 7.09. The second-order valence-corrected chi connectivity index (χ2v) is 7.04. The fraction of sp³-hybridized carbons (Fsp3) is 0.500. The smallest absolute Gasteiger partial charge is 0.122 e. The molecule has 0 saturated carbocycles. The van der Waals surface area contributed by atoms with Crippen molar-refractivity contribution in [3.05, 3.63) is 52.0 Å². The van der Waals surface area contributed by atoms with Gasteiger partial charge in [0.1, 0.15) is 11.1 Å². The van der Waals surface area contributed by atoms with Crippen molar-refractivity contribution in [2.45, 2.75) is 38.5 Å². The first-order valence-corrected chi connectivity index (χ1v) is 9.14. The Bertz CT molecular complexity index is 616. The van der Waals surface area contributed by atoms with E-state index in [1.807, 2.05) is 6.92 Å². The van der Waals surface area contributed by atoms with Crippen LogP contribution in [0.1, 0.15) is 42.1 Å². The lowest BCUT2D eigenvalue weighted by Crippen LogP contribution is -2.28. The molecule has 124 valence electrons. The highest BCUT2D eigenvalue weighted by Gasteiger charge is 2.31. The molecule has 1 fully saturated rings. The zero-order valence-corrected chi connectivity index (χ0v) is 14.6. The number of aromatic nitrogens is 1. The Hall–Kier alpha value is -1.27. The number of hydrogen-bond donors (Lipinski definition) is 1. The van der Waals surface area contributed by atoms with Gasteiger partial charge in [-0.15, -0.1) is 11.3 Å². The van der Waals surface area contributed by atoms with E-state index in [0.717, 1.165) is 36.9 Å². The maximum atomic E-state index is 6.37. The van der Waals surface area contributed by atoms with Gasteiger partial charge in [-0.2, -0.15) is 0 Å². The van der Waals surface area contributed by atoms with Crippen molar-refractivity contribution in [2.24, 2.45) is 5.73 Å². The summed E-state index contributed by atoms with van der Waals surface area (Å²) in [5.74, 6) is 0.414. The summed E-state index contributed by atoms with van der Waals surface area (Å²) in [7, 11) is 0. The van der Waals surface area contributed by atoms with Gasteiger partial charge in [0, 0.05) is 43.6 Å². The summed E-state index contributed by atoms with van der Waals surface area (Å²) in [6, 6.07) is 10.8. The van der Waals surface area contributed by atoms with Gasteiger partial charge in [-0.1, -0.05) is 30.3 Å². The van der Waals surface area contributed by atoms with Crippen LogP contribution >= 0.6 is 11.3 Å². The van der Waals surface area contributed by atoms with Crippen molar-refractivity contribution in [3.63, 3.8) is 0 Å². The van der Waals surface area contributed by atoms with Crippen LogP contribution in [0.5, 0.6) is 0 Å². The highest BCUT2D eigenvalue weighted by Crippen LogP contribution is 2.28. The molecular weight excluding hydrogens is 306 g/mol. The molecule has 2 aromatic rings. The van der Waals surface area contributed by atoms with E-state index in [-0.39, 0.29) is 12.1 Å². The van der Waals surface area contributed by atoms with E-state index in [1.165, 1.54) is 5.56 Å². The van der Waals surface area contributed by atoms with Crippen molar-refractivity contribution in [1.82, 2.24) is 9.88 Å². The number of nitrogens with zero attached hydrogens (tertiary/aromatic N) is 2. The first-order chi connectivity index (χ1) is 11.2. The summed E-state index contributed by atoms with van der Waals surface area (Å²) in [4.78, 5) is 7.14. The van der Waals surface area contributed by atoms with Crippen LogP contribution in [0.25, 0.3) is 0 Å². The second kappa shape index (κ2) is 7.53. The number of hydrogen-bond acceptors (Lipinski definition) is 5. The number of thiazole rings is 1. The van der Waals surface area contributed by atoms with E-state index in [4.69, 9.17) is 15.5 Å². The summed E-state index contributed by atoms with van der Waals surface area (Å²) in [5.41, 5.74) is 8.83. The van der Waals surface area contributed by atoms with Gasteiger partial charge in [-0.05, 0) is 19.4 Å². The quantitative estimate of drug-likeness (QED) is 0.883. The Morgan fingerprint density at radius 3 is 2.87 bits per heavy atom. The number of likely N-dealkylation sites (tertiary alicyclic amines) is 1. The van der Waals surface area contributed by atoms with Crippen LogP contribution in [-0.2, 0) is 11.3 Å². The Labute approximate surface area is 142 Å². The predicted molar refractivity (Wildman–Crippen MR) is 94.6 cm³/mol. The molecule has 1 saturated heterocycles. The number of ether oxygens (including phenoxy) is 1. The van der Waals surface area contributed by atoms with Gasteiger partial charge < -0.3 is 10.5 Å². The van der Waals surface area contributed by atoms with E-state index in [9.17, 15) is 0 Å². The first kappa shape index (κ1) is 16.6. The molecule has 1 aliphatic rings. The van der Waals surface area contributed by atoms with Crippen LogP contribution in [-0.4, -0.2) is 35.6 Å². The summed E-state index contributed by atoms with van der Waals surface area (Å²) < 4.78 is 5.62. The Kier molecular flexibility index (Phi) is 5.43. The minimum Gasteiger partial charge on any atom is -0.372 e. The molecule has 0 amide bonds. The van der Waals surface area contributed by atoms with Gasteiger partial charge in [0.15, 0.2) is 0 Å². The number of rotatable bonds is 6. The normalized spacial score (nSPS) is 23.3. The van der Waals surface area contributed by atoms with E-state index in [0.29, 0.717) is 5.92 Å². The standard InChI is InChI=1S/C18H25N3OS/c1-3-22-13(2)18-20-15(12-23-18)9-21-10-16(17(19)11-21)14-7-5-4-6-8-14/h4-8,12-13,16-17H,3,9-11,19H2,1-2H3/t13?,16-,17+/m0/s1.